The molecule has 0 unspecified atom stereocenters. The third-order valence-corrected chi connectivity index (χ3v) is 5.41. The van der Waals surface area contributed by atoms with Gasteiger partial charge in [-0.15, -0.1) is 11.8 Å². The largest absolute Gasteiger partial charge is 0.388 e. The van der Waals surface area contributed by atoms with Gasteiger partial charge in [-0.25, -0.2) is 0 Å². The molecule has 6 atom stereocenters. The molecule has 0 aromatic carbocycles. The number of hydrogen-bond acceptors (Lipinski definition) is 8. The van der Waals surface area contributed by atoms with Crippen LogP contribution in [0, 0.1) is 0 Å². The Bertz CT molecular complexity index is 574. The summed E-state index contributed by atoms with van der Waals surface area (Å²) in [5, 5.41) is 29.7. The number of hydrogen-bond donors (Lipinski definition) is 3. The highest BCUT2D eigenvalue weighted by molar-refractivity contribution is 8.00. The molecule has 2 aliphatic heterocycles. The smallest absolute Gasteiger partial charge is 0.233 e. The number of carbonyl (C=O) groups excluding carboxylic acids is 1. The van der Waals surface area contributed by atoms with Crippen LogP contribution in [-0.2, 0) is 14.3 Å². The normalized spacial score (nSPS) is 37.0. The summed E-state index contributed by atoms with van der Waals surface area (Å²) in [6.45, 7) is 0.0673. The number of ether oxygens (including phenoxy) is 2. The fourth-order valence-electron chi connectivity index (χ4n) is 2.87. The van der Waals surface area contributed by atoms with Gasteiger partial charge in [0.05, 0.1) is 18.0 Å². The predicted octanol–water partition coefficient (Wildman–Crippen LogP) is -0.890. The SMILES string of the molecule is CO[C@H]1O[C@H](CN2C(=O)CS[C@@H]2c2ccccn2)[C@@H](O)[C@H](O)[C@H]1O. The number of aromatic nitrogens is 1. The van der Waals surface area contributed by atoms with Gasteiger partial charge in [-0.2, -0.15) is 0 Å². The average Bonchev–Trinajstić information content (AvgIpc) is 2.97. The summed E-state index contributed by atoms with van der Waals surface area (Å²) in [5.74, 6) is 0.212. The van der Waals surface area contributed by atoms with Crippen molar-refractivity contribution in [2.24, 2.45) is 0 Å². The molecule has 2 aliphatic rings. The molecule has 8 nitrogen and oxygen atoms in total. The summed E-state index contributed by atoms with van der Waals surface area (Å²) in [6, 6.07) is 5.47. The number of thioether (sulfide) groups is 1. The second-order valence-corrected chi connectivity index (χ2v) is 6.78. The van der Waals surface area contributed by atoms with Crippen molar-refractivity contribution in [2.45, 2.75) is 36.1 Å². The Morgan fingerprint density at radius 1 is 1.33 bits per heavy atom. The highest BCUT2D eigenvalue weighted by Gasteiger charge is 2.46. The van der Waals surface area contributed by atoms with Crippen molar-refractivity contribution in [1.29, 1.82) is 0 Å². The van der Waals surface area contributed by atoms with Crippen LogP contribution in [0.5, 0.6) is 0 Å². The molecule has 2 fully saturated rings. The number of rotatable bonds is 4. The van der Waals surface area contributed by atoms with Crippen LogP contribution in [0.15, 0.2) is 24.4 Å². The van der Waals surface area contributed by atoms with Crippen molar-refractivity contribution in [3.05, 3.63) is 30.1 Å². The van der Waals surface area contributed by atoms with E-state index in [-0.39, 0.29) is 17.8 Å². The quantitative estimate of drug-likeness (QED) is 0.637. The summed E-state index contributed by atoms with van der Waals surface area (Å²) in [5.41, 5.74) is 0.738. The number of aliphatic hydroxyl groups is 3. The summed E-state index contributed by atoms with van der Waals surface area (Å²) in [6.07, 6.45) is -4.36. The summed E-state index contributed by atoms with van der Waals surface area (Å²) in [4.78, 5) is 18.1. The van der Waals surface area contributed by atoms with E-state index in [1.807, 2.05) is 12.1 Å². The van der Waals surface area contributed by atoms with Gasteiger partial charge in [0.15, 0.2) is 6.29 Å². The standard InChI is InChI=1S/C15H20N2O6S/c1-22-15-13(21)12(20)11(19)9(23-15)6-17-10(18)7-24-14(17)8-4-2-3-5-16-8/h2-5,9,11-15,19-21H,6-7H2,1H3/t9-,11-,12+,13-,14-,15+/m1/s1. The third-order valence-electron chi connectivity index (χ3n) is 4.19. The number of methoxy groups -OCH3 is 1. The number of pyridine rings is 1. The molecule has 0 saturated carbocycles. The van der Waals surface area contributed by atoms with Crippen LogP contribution in [0.4, 0.5) is 0 Å². The van der Waals surface area contributed by atoms with E-state index >= 15 is 0 Å². The predicted molar refractivity (Wildman–Crippen MR) is 84.8 cm³/mol. The molecule has 1 aromatic rings. The number of nitrogens with zero attached hydrogens (tertiary/aromatic N) is 2. The fourth-order valence-corrected chi connectivity index (χ4v) is 4.03. The molecule has 0 radical (unpaired) electrons. The Morgan fingerprint density at radius 2 is 2.12 bits per heavy atom. The van der Waals surface area contributed by atoms with Gasteiger partial charge in [0.1, 0.15) is 29.8 Å². The monoisotopic (exact) mass is 356 g/mol. The molecule has 3 rings (SSSR count). The minimum Gasteiger partial charge on any atom is -0.388 e. The van der Waals surface area contributed by atoms with E-state index in [1.165, 1.54) is 18.9 Å². The van der Waals surface area contributed by atoms with Gasteiger partial charge in [0.25, 0.3) is 0 Å². The molecule has 2 saturated heterocycles. The van der Waals surface area contributed by atoms with Gasteiger partial charge in [-0.05, 0) is 12.1 Å². The molecule has 3 N–H and O–H groups in total. The molecule has 0 spiro atoms. The molecule has 1 aromatic heterocycles. The van der Waals surface area contributed by atoms with Gasteiger partial charge in [-0.3, -0.25) is 9.78 Å². The summed E-state index contributed by atoms with van der Waals surface area (Å²) in [7, 11) is 1.34. The Kier molecular flexibility index (Phi) is 5.38. The second-order valence-electron chi connectivity index (χ2n) is 5.71. The molecule has 0 aliphatic carbocycles. The third kappa shape index (κ3) is 3.28. The van der Waals surface area contributed by atoms with Crippen LogP contribution >= 0.6 is 11.8 Å². The summed E-state index contributed by atoms with van der Waals surface area (Å²) >= 11 is 1.44. The summed E-state index contributed by atoms with van der Waals surface area (Å²) < 4.78 is 10.5. The minimum atomic E-state index is -1.41. The van der Waals surface area contributed by atoms with Crippen molar-refractivity contribution in [3.8, 4) is 0 Å². The van der Waals surface area contributed by atoms with Crippen LogP contribution in [0.1, 0.15) is 11.1 Å². The number of aliphatic hydroxyl groups excluding tert-OH is 3. The zero-order chi connectivity index (χ0) is 17.3. The first-order valence-electron chi connectivity index (χ1n) is 7.57. The maximum atomic E-state index is 12.2. The lowest BCUT2D eigenvalue weighted by atomic mass is 9.98. The van der Waals surface area contributed by atoms with E-state index in [9.17, 15) is 20.1 Å². The Hall–Kier alpha value is -1.23. The molecule has 9 heteroatoms. The minimum absolute atomic E-state index is 0.0673. The number of carbonyl (C=O) groups is 1. The topological polar surface area (TPSA) is 112 Å². The highest BCUT2D eigenvalue weighted by Crippen LogP contribution is 2.38. The lowest BCUT2D eigenvalue weighted by molar-refractivity contribution is -0.291. The first-order chi connectivity index (χ1) is 11.5. The first-order valence-corrected chi connectivity index (χ1v) is 8.62. The van der Waals surface area contributed by atoms with E-state index < -0.39 is 30.7 Å². The van der Waals surface area contributed by atoms with Gasteiger partial charge in [0.2, 0.25) is 5.91 Å². The Labute approximate surface area is 143 Å². The van der Waals surface area contributed by atoms with Crippen LogP contribution in [-0.4, -0.2) is 81.2 Å². The second kappa shape index (κ2) is 7.34. The molecular weight excluding hydrogens is 336 g/mol. The Morgan fingerprint density at radius 3 is 2.79 bits per heavy atom. The van der Waals surface area contributed by atoms with Crippen molar-refractivity contribution >= 4 is 17.7 Å². The molecular formula is C15H20N2O6S. The van der Waals surface area contributed by atoms with E-state index in [2.05, 4.69) is 4.98 Å². The van der Waals surface area contributed by atoms with Gasteiger partial charge < -0.3 is 29.7 Å². The molecule has 132 valence electrons. The zero-order valence-corrected chi connectivity index (χ0v) is 13.9. The molecule has 24 heavy (non-hydrogen) atoms. The van der Waals surface area contributed by atoms with Crippen molar-refractivity contribution in [2.75, 3.05) is 19.4 Å². The zero-order valence-electron chi connectivity index (χ0n) is 13.1. The maximum Gasteiger partial charge on any atom is 0.233 e. The van der Waals surface area contributed by atoms with E-state index in [0.717, 1.165) is 5.69 Å². The lowest BCUT2D eigenvalue weighted by Gasteiger charge is -2.41. The first kappa shape index (κ1) is 17.6. The van der Waals surface area contributed by atoms with Crippen LogP contribution < -0.4 is 0 Å². The highest BCUT2D eigenvalue weighted by atomic mass is 32.2. The average molecular weight is 356 g/mol. The van der Waals surface area contributed by atoms with Crippen LogP contribution in [0.25, 0.3) is 0 Å². The van der Waals surface area contributed by atoms with Crippen molar-refractivity contribution in [1.82, 2.24) is 9.88 Å². The van der Waals surface area contributed by atoms with Crippen molar-refractivity contribution in [3.63, 3.8) is 0 Å². The fraction of sp³-hybridized carbons (Fsp3) is 0.600. The maximum absolute atomic E-state index is 12.2. The Balaban J connectivity index is 1.76. The molecule has 0 bridgehead atoms. The molecule has 3 heterocycles. The van der Waals surface area contributed by atoms with Crippen LogP contribution in [0.3, 0.4) is 0 Å². The van der Waals surface area contributed by atoms with Crippen LogP contribution in [0.2, 0.25) is 0 Å². The van der Waals surface area contributed by atoms with E-state index in [0.29, 0.717) is 5.75 Å². The van der Waals surface area contributed by atoms with Gasteiger partial charge in [-0.1, -0.05) is 6.07 Å². The lowest BCUT2D eigenvalue weighted by Crippen LogP contribution is -2.60. The molecule has 1 amide bonds. The van der Waals surface area contributed by atoms with Gasteiger partial charge in [0, 0.05) is 13.3 Å². The van der Waals surface area contributed by atoms with Gasteiger partial charge >= 0.3 is 0 Å². The van der Waals surface area contributed by atoms with Crippen molar-refractivity contribution < 1.29 is 29.6 Å². The van der Waals surface area contributed by atoms with E-state index in [4.69, 9.17) is 9.47 Å². The van der Waals surface area contributed by atoms with E-state index in [1.54, 1.807) is 17.2 Å². The number of amides is 1.